The molecule has 2 aromatic carbocycles. The molecule has 0 atom stereocenters. The predicted octanol–water partition coefficient (Wildman–Crippen LogP) is 3.39. The number of carbonyl (C=O) groups excluding carboxylic acids is 1. The molecule has 3 nitrogen and oxygen atoms in total. The molecule has 2 aromatic rings. The van der Waals surface area contributed by atoms with Crippen LogP contribution in [0.2, 0.25) is 0 Å². The Labute approximate surface area is 122 Å². The topological polar surface area (TPSA) is 41.1 Å². The van der Waals surface area contributed by atoms with E-state index in [-0.39, 0.29) is 5.91 Å². The molecular formula is C16H16N2OS. The van der Waals surface area contributed by atoms with Gasteiger partial charge >= 0.3 is 0 Å². The maximum absolute atomic E-state index is 11.9. The van der Waals surface area contributed by atoms with Gasteiger partial charge in [0.05, 0.1) is 5.75 Å². The van der Waals surface area contributed by atoms with E-state index < -0.39 is 0 Å². The van der Waals surface area contributed by atoms with Crippen molar-refractivity contribution in [3.05, 3.63) is 54.1 Å². The Morgan fingerprint density at radius 3 is 2.90 bits per heavy atom. The quantitative estimate of drug-likeness (QED) is 0.846. The maximum Gasteiger partial charge on any atom is 0.234 e. The highest BCUT2D eigenvalue weighted by Gasteiger charge is 2.11. The molecule has 0 unspecified atom stereocenters. The summed E-state index contributed by atoms with van der Waals surface area (Å²) in [4.78, 5) is 13.1. The van der Waals surface area contributed by atoms with Crippen LogP contribution < -0.4 is 10.6 Å². The Morgan fingerprint density at radius 2 is 2.05 bits per heavy atom. The van der Waals surface area contributed by atoms with Crippen molar-refractivity contribution in [2.75, 3.05) is 22.9 Å². The number of hydrogen-bond acceptors (Lipinski definition) is 3. The van der Waals surface area contributed by atoms with E-state index in [0.29, 0.717) is 5.75 Å². The van der Waals surface area contributed by atoms with Gasteiger partial charge in [-0.15, -0.1) is 11.8 Å². The largest absolute Gasteiger partial charge is 0.384 e. The van der Waals surface area contributed by atoms with E-state index in [9.17, 15) is 4.79 Å². The Kier molecular flexibility index (Phi) is 3.92. The van der Waals surface area contributed by atoms with E-state index in [1.54, 1.807) is 11.8 Å². The Balaban J connectivity index is 1.56. The first-order valence-electron chi connectivity index (χ1n) is 6.66. The zero-order chi connectivity index (χ0) is 13.8. The van der Waals surface area contributed by atoms with Gasteiger partial charge in [-0.3, -0.25) is 4.79 Å². The number of rotatable bonds is 4. The molecule has 3 rings (SSSR count). The van der Waals surface area contributed by atoms with Crippen molar-refractivity contribution in [2.24, 2.45) is 0 Å². The van der Waals surface area contributed by atoms with Crippen LogP contribution in [0.15, 0.2) is 53.4 Å². The highest BCUT2D eigenvalue weighted by Crippen LogP contribution is 2.25. The third-order valence-corrected chi connectivity index (χ3v) is 4.22. The number of carbonyl (C=O) groups is 1. The van der Waals surface area contributed by atoms with Crippen molar-refractivity contribution in [3.8, 4) is 0 Å². The zero-order valence-electron chi connectivity index (χ0n) is 11.1. The highest BCUT2D eigenvalue weighted by atomic mass is 32.2. The van der Waals surface area contributed by atoms with Gasteiger partial charge in [0.15, 0.2) is 0 Å². The van der Waals surface area contributed by atoms with E-state index in [0.717, 1.165) is 23.5 Å². The fourth-order valence-corrected chi connectivity index (χ4v) is 2.96. The lowest BCUT2D eigenvalue weighted by atomic mass is 10.1. The molecule has 1 amide bonds. The summed E-state index contributed by atoms with van der Waals surface area (Å²) < 4.78 is 0. The number of amides is 1. The third-order valence-electron chi connectivity index (χ3n) is 3.21. The Hall–Kier alpha value is -1.94. The number of benzene rings is 2. The molecule has 0 spiro atoms. The molecule has 2 N–H and O–H groups in total. The minimum absolute atomic E-state index is 0.0322. The monoisotopic (exact) mass is 284 g/mol. The van der Waals surface area contributed by atoms with E-state index in [1.165, 1.54) is 11.3 Å². The summed E-state index contributed by atoms with van der Waals surface area (Å²) >= 11 is 1.55. The predicted molar refractivity (Wildman–Crippen MR) is 84.4 cm³/mol. The van der Waals surface area contributed by atoms with Gasteiger partial charge in [-0.05, 0) is 42.3 Å². The van der Waals surface area contributed by atoms with Gasteiger partial charge in [-0.1, -0.05) is 18.2 Å². The molecule has 0 saturated heterocycles. The number of thioether (sulfide) groups is 1. The van der Waals surface area contributed by atoms with E-state index >= 15 is 0 Å². The first-order valence-corrected chi connectivity index (χ1v) is 7.64. The van der Waals surface area contributed by atoms with Crippen LogP contribution in [0, 0.1) is 0 Å². The fraction of sp³-hybridized carbons (Fsp3) is 0.188. The van der Waals surface area contributed by atoms with Crippen LogP contribution in [-0.2, 0) is 11.2 Å². The van der Waals surface area contributed by atoms with Crippen LogP contribution in [-0.4, -0.2) is 18.2 Å². The summed E-state index contributed by atoms with van der Waals surface area (Å²) in [6.45, 7) is 0.983. The van der Waals surface area contributed by atoms with Gasteiger partial charge in [0.2, 0.25) is 5.91 Å². The van der Waals surface area contributed by atoms with Gasteiger partial charge < -0.3 is 10.6 Å². The molecule has 0 radical (unpaired) electrons. The zero-order valence-corrected chi connectivity index (χ0v) is 11.9. The Bertz CT molecular complexity index is 613. The van der Waals surface area contributed by atoms with Crippen LogP contribution in [0.3, 0.4) is 0 Å². The molecule has 102 valence electrons. The smallest absolute Gasteiger partial charge is 0.234 e. The van der Waals surface area contributed by atoms with Crippen LogP contribution in [0.5, 0.6) is 0 Å². The second-order valence-corrected chi connectivity index (χ2v) is 5.75. The molecule has 20 heavy (non-hydrogen) atoms. The SMILES string of the molecule is O=C(CSc1ccccc1)Nc1ccc2c(c1)CCN2. The summed E-state index contributed by atoms with van der Waals surface area (Å²) in [5.74, 6) is 0.462. The average Bonchev–Trinajstić information content (AvgIpc) is 2.94. The van der Waals surface area contributed by atoms with Crippen molar-refractivity contribution in [1.82, 2.24) is 0 Å². The summed E-state index contributed by atoms with van der Waals surface area (Å²) in [7, 11) is 0. The number of hydrogen-bond donors (Lipinski definition) is 2. The average molecular weight is 284 g/mol. The normalized spacial score (nSPS) is 12.6. The first kappa shape index (κ1) is 13.1. The summed E-state index contributed by atoms with van der Waals surface area (Å²) in [5, 5.41) is 6.26. The molecule has 4 heteroatoms. The summed E-state index contributed by atoms with van der Waals surface area (Å²) in [6, 6.07) is 16.0. The molecule has 1 aliphatic rings. The van der Waals surface area contributed by atoms with Crippen LogP contribution in [0.1, 0.15) is 5.56 Å². The van der Waals surface area contributed by atoms with Gasteiger partial charge in [-0.2, -0.15) is 0 Å². The highest BCUT2D eigenvalue weighted by molar-refractivity contribution is 8.00. The molecule has 0 fully saturated rings. The number of nitrogens with one attached hydrogen (secondary N) is 2. The lowest BCUT2D eigenvalue weighted by Crippen LogP contribution is -2.14. The van der Waals surface area contributed by atoms with Crippen LogP contribution >= 0.6 is 11.8 Å². The van der Waals surface area contributed by atoms with Crippen molar-refractivity contribution in [3.63, 3.8) is 0 Å². The number of fused-ring (bicyclic) bond motifs is 1. The molecular weight excluding hydrogens is 268 g/mol. The van der Waals surface area contributed by atoms with E-state index in [2.05, 4.69) is 16.7 Å². The lowest BCUT2D eigenvalue weighted by Gasteiger charge is -2.07. The van der Waals surface area contributed by atoms with E-state index in [1.807, 2.05) is 42.5 Å². The summed E-state index contributed by atoms with van der Waals surface area (Å²) in [6.07, 6.45) is 1.03. The second-order valence-electron chi connectivity index (χ2n) is 4.70. The van der Waals surface area contributed by atoms with Gasteiger partial charge in [0.25, 0.3) is 0 Å². The minimum atomic E-state index is 0.0322. The molecule has 0 aromatic heterocycles. The number of anilines is 2. The van der Waals surface area contributed by atoms with Crippen molar-refractivity contribution >= 4 is 29.0 Å². The molecule has 1 heterocycles. The maximum atomic E-state index is 11.9. The lowest BCUT2D eigenvalue weighted by molar-refractivity contribution is -0.113. The van der Waals surface area contributed by atoms with E-state index in [4.69, 9.17) is 0 Å². The summed E-state index contributed by atoms with van der Waals surface area (Å²) in [5.41, 5.74) is 3.34. The van der Waals surface area contributed by atoms with Crippen molar-refractivity contribution in [2.45, 2.75) is 11.3 Å². The van der Waals surface area contributed by atoms with Crippen molar-refractivity contribution in [1.29, 1.82) is 0 Å². The standard InChI is InChI=1S/C16H16N2OS/c19-16(11-20-14-4-2-1-3-5-14)18-13-6-7-15-12(10-13)8-9-17-15/h1-7,10,17H,8-9,11H2,(H,18,19). The van der Waals surface area contributed by atoms with Crippen LogP contribution in [0.4, 0.5) is 11.4 Å². The van der Waals surface area contributed by atoms with Gasteiger partial charge in [0, 0.05) is 22.8 Å². The molecule has 1 aliphatic heterocycles. The second kappa shape index (κ2) is 6.01. The first-order chi connectivity index (χ1) is 9.81. The Morgan fingerprint density at radius 1 is 1.20 bits per heavy atom. The minimum Gasteiger partial charge on any atom is -0.384 e. The third kappa shape index (κ3) is 3.14. The fourth-order valence-electron chi connectivity index (χ4n) is 2.25. The molecule has 0 saturated carbocycles. The molecule has 0 bridgehead atoms. The molecule has 0 aliphatic carbocycles. The van der Waals surface area contributed by atoms with Crippen molar-refractivity contribution < 1.29 is 4.79 Å². The van der Waals surface area contributed by atoms with Gasteiger partial charge in [0.1, 0.15) is 0 Å². The van der Waals surface area contributed by atoms with Gasteiger partial charge in [-0.25, -0.2) is 0 Å². The van der Waals surface area contributed by atoms with Crippen LogP contribution in [0.25, 0.3) is 0 Å².